The van der Waals surface area contributed by atoms with Gasteiger partial charge in [-0.25, -0.2) is 12.8 Å². The summed E-state index contributed by atoms with van der Waals surface area (Å²) in [6.07, 6.45) is 0.501. The highest BCUT2D eigenvalue weighted by Crippen LogP contribution is 2.20. The molecule has 0 saturated heterocycles. The molecule has 96 valence electrons. The summed E-state index contributed by atoms with van der Waals surface area (Å²) in [6, 6.07) is 3.69. The summed E-state index contributed by atoms with van der Waals surface area (Å²) in [4.78, 5) is 0. The van der Waals surface area contributed by atoms with E-state index in [0.29, 0.717) is 13.0 Å². The third-order valence-corrected chi connectivity index (χ3v) is 3.70. The molecule has 17 heavy (non-hydrogen) atoms. The van der Waals surface area contributed by atoms with Crippen LogP contribution in [-0.2, 0) is 10.0 Å². The molecule has 0 unspecified atom stereocenters. The second-order valence-electron chi connectivity index (χ2n) is 3.51. The van der Waals surface area contributed by atoms with Crippen molar-refractivity contribution >= 4 is 27.3 Å². The van der Waals surface area contributed by atoms with Gasteiger partial charge in [0, 0.05) is 0 Å². The zero-order valence-corrected chi connectivity index (χ0v) is 10.9. The van der Waals surface area contributed by atoms with Crippen molar-refractivity contribution in [3.05, 3.63) is 29.0 Å². The molecular formula is C10H14ClFN2O2S. The van der Waals surface area contributed by atoms with Gasteiger partial charge in [-0.05, 0) is 38.2 Å². The van der Waals surface area contributed by atoms with E-state index in [4.69, 9.17) is 11.6 Å². The maximum Gasteiger partial charge on any atom is 0.232 e. The Morgan fingerprint density at radius 2 is 2.12 bits per heavy atom. The van der Waals surface area contributed by atoms with E-state index in [9.17, 15) is 12.8 Å². The molecule has 0 spiro atoms. The Labute approximate surface area is 105 Å². The van der Waals surface area contributed by atoms with Crippen LogP contribution in [0, 0.1) is 5.82 Å². The average Bonchev–Trinajstić information content (AvgIpc) is 2.23. The number of nitrogens with one attached hydrogen (secondary N) is 2. The Kier molecular flexibility index (Phi) is 5.17. The second kappa shape index (κ2) is 6.18. The van der Waals surface area contributed by atoms with E-state index < -0.39 is 15.8 Å². The van der Waals surface area contributed by atoms with Gasteiger partial charge >= 0.3 is 0 Å². The molecule has 1 rings (SSSR count). The molecule has 0 aliphatic rings. The summed E-state index contributed by atoms with van der Waals surface area (Å²) in [5.41, 5.74) is 0.265. The van der Waals surface area contributed by atoms with Crippen molar-refractivity contribution in [3.8, 4) is 0 Å². The Morgan fingerprint density at radius 1 is 1.41 bits per heavy atom. The number of halogens is 2. The van der Waals surface area contributed by atoms with Crippen molar-refractivity contribution in [3.63, 3.8) is 0 Å². The van der Waals surface area contributed by atoms with Gasteiger partial charge in [0.1, 0.15) is 5.82 Å². The highest BCUT2D eigenvalue weighted by atomic mass is 35.5. The summed E-state index contributed by atoms with van der Waals surface area (Å²) < 4.78 is 38.4. The number of hydrogen-bond acceptors (Lipinski definition) is 3. The maximum absolute atomic E-state index is 12.9. The molecule has 1 aromatic rings. The fraction of sp³-hybridized carbons (Fsp3) is 0.400. The quantitative estimate of drug-likeness (QED) is 0.782. The summed E-state index contributed by atoms with van der Waals surface area (Å²) in [6.45, 7) is 0.616. The van der Waals surface area contributed by atoms with Crippen LogP contribution in [0.25, 0.3) is 0 Å². The van der Waals surface area contributed by atoms with Crippen LogP contribution in [0.3, 0.4) is 0 Å². The summed E-state index contributed by atoms with van der Waals surface area (Å²) in [7, 11) is -1.66. The van der Waals surface area contributed by atoms with E-state index in [1.807, 2.05) is 0 Å². The lowest BCUT2D eigenvalue weighted by molar-refractivity contribution is 0.596. The molecule has 0 saturated carbocycles. The number of benzene rings is 1. The number of rotatable bonds is 6. The fourth-order valence-electron chi connectivity index (χ4n) is 1.23. The Hall–Kier alpha value is -0.850. The van der Waals surface area contributed by atoms with Crippen LogP contribution in [0.4, 0.5) is 10.1 Å². The molecule has 4 nitrogen and oxygen atoms in total. The normalized spacial score (nSPS) is 11.5. The number of hydrogen-bond donors (Lipinski definition) is 2. The van der Waals surface area contributed by atoms with Gasteiger partial charge in [0.25, 0.3) is 0 Å². The maximum atomic E-state index is 12.9. The minimum atomic E-state index is -3.41. The van der Waals surface area contributed by atoms with Crippen LogP contribution in [0.15, 0.2) is 18.2 Å². The highest BCUT2D eigenvalue weighted by Gasteiger charge is 2.10. The Morgan fingerprint density at radius 3 is 2.71 bits per heavy atom. The summed E-state index contributed by atoms with van der Waals surface area (Å²) in [5.74, 6) is -0.576. The van der Waals surface area contributed by atoms with Gasteiger partial charge in [0.05, 0.1) is 16.5 Å². The van der Waals surface area contributed by atoms with E-state index in [1.54, 1.807) is 7.05 Å². The topological polar surface area (TPSA) is 58.2 Å². The standard InChI is InChI=1S/C10H14ClFN2O2S/c1-13-5-2-6-17(15,16)14-8-3-4-10(12)9(11)7-8/h3-4,7,13-14H,2,5-6H2,1H3. The molecule has 0 heterocycles. The molecule has 0 bridgehead atoms. The fourth-order valence-corrected chi connectivity index (χ4v) is 2.52. The van der Waals surface area contributed by atoms with Gasteiger partial charge in [0.2, 0.25) is 10.0 Å². The molecule has 0 fully saturated rings. The molecule has 0 amide bonds. The summed E-state index contributed by atoms with van der Waals surface area (Å²) in [5, 5.41) is 2.75. The molecule has 7 heteroatoms. The molecule has 2 N–H and O–H groups in total. The van der Waals surface area contributed by atoms with Crippen molar-refractivity contribution in [2.24, 2.45) is 0 Å². The number of anilines is 1. The first-order valence-corrected chi connectivity index (χ1v) is 7.08. The lowest BCUT2D eigenvalue weighted by Crippen LogP contribution is -2.20. The van der Waals surface area contributed by atoms with Crippen LogP contribution < -0.4 is 10.0 Å². The molecule has 0 radical (unpaired) electrons. The van der Waals surface area contributed by atoms with Gasteiger partial charge in [-0.2, -0.15) is 0 Å². The predicted molar refractivity (Wildman–Crippen MR) is 67.4 cm³/mol. The van der Waals surface area contributed by atoms with Crippen LogP contribution in [-0.4, -0.2) is 27.8 Å². The van der Waals surface area contributed by atoms with E-state index in [0.717, 1.165) is 6.07 Å². The summed E-state index contributed by atoms with van der Waals surface area (Å²) >= 11 is 5.55. The third kappa shape index (κ3) is 4.89. The van der Waals surface area contributed by atoms with E-state index in [-0.39, 0.29) is 16.5 Å². The zero-order chi connectivity index (χ0) is 12.9. The van der Waals surface area contributed by atoms with Gasteiger partial charge in [-0.3, -0.25) is 4.72 Å². The van der Waals surface area contributed by atoms with Crippen molar-refractivity contribution in [2.45, 2.75) is 6.42 Å². The molecular weight excluding hydrogens is 267 g/mol. The molecule has 0 aliphatic heterocycles. The van der Waals surface area contributed by atoms with E-state index in [2.05, 4.69) is 10.0 Å². The predicted octanol–water partition coefficient (Wildman–Crippen LogP) is 1.83. The third-order valence-electron chi connectivity index (χ3n) is 2.03. The van der Waals surface area contributed by atoms with Crippen molar-refractivity contribution < 1.29 is 12.8 Å². The molecule has 0 aliphatic carbocycles. The molecule has 1 aromatic carbocycles. The Bertz CT molecular complexity index is 479. The Balaban J connectivity index is 2.66. The second-order valence-corrected chi connectivity index (χ2v) is 5.76. The minimum Gasteiger partial charge on any atom is -0.320 e. The molecule has 0 atom stereocenters. The minimum absolute atomic E-state index is 0.00281. The first-order chi connectivity index (χ1) is 7.94. The monoisotopic (exact) mass is 280 g/mol. The van der Waals surface area contributed by atoms with Crippen LogP contribution in [0.5, 0.6) is 0 Å². The van der Waals surface area contributed by atoms with E-state index in [1.165, 1.54) is 12.1 Å². The smallest absolute Gasteiger partial charge is 0.232 e. The van der Waals surface area contributed by atoms with Crippen LogP contribution >= 0.6 is 11.6 Å². The van der Waals surface area contributed by atoms with Gasteiger partial charge in [-0.1, -0.05) is 11.6 Å². The lowest BCUT2D eigenvalue weighted by Gasteiger charge is -2.08. The first kappa shape index (κ1) is 14.2. The zero-order valence-electron chi connectivity index (χ0n) is 9.33. The van der Waals surface area contributed by atoms with Crippen molar-refractivity contribution in [1.29, 1.82) is 0 Å². The van der Waals surface area contributed by atoms with Gasteiger partial charge in [0.15, 0.2) is 0 Å². The molecule has 0 aromatic heterocycles. The van der Waals surface area contributed by atoms with Gasteiger partial charge in [-0.15, -0.1) is 0 Å². The van der Waals surface area contributed by atoms with Crippen molar-refractivity contribution in [1.82, 2.24) is 5.32 Å². The van der Waals surface area contributed by atoms with Crippen molar-refractivity contribution in [2.75, 3.05) is 24.1 Å². The van der Waals surface area contributed by atoms with Crippen LogP contribution in [0.1, 0.15) is 6.42 Å². The first-order valence-electron chi connectivity index (χ1n) is 5.05. The SMILES string of the molecule is CNCCCS(=O)(=O)Nc1ccc(F)c(Cl)c1. The number of sulfonamides is 1. The largest absolute Gasteiger partial charge is 0.320 e. The lowest BCUT2D eigenvalue weighted by atomic mass is 10.3. The average molecular weight is 281 g/mol. The van der Waals surface area contributed by atoms with Crippen LogP contribution in [0.2, 0.25) is 5.02 Å². The highest BCUT2D eigenvalue weighted by molar-refractivity contribution is 7.92. The van der Waals surface area contributed by atoms with Gasteiger partial charge < -0.3 is 5.32 Å². The van der Waals surface area contributed by atoms with E-state index >= 15 is 0 Å².